The van der Waals surface area contributed by atoms with Gasteiger partial charge in [-0.1, -0.05) is 48.5 Å². The number of hydrogen-bond acceptors (Lipinski definition) is 6. The van der Waals surface area contributed by atoms with Crippen molar-refractivity contribution in [1.82, 2.24) is 0 Å². The molecule has 7 nitrogen and oxygen atoms in total. The van der Waals surface area contributed by atoms with Gasteiger partial charge in [-0.15, -0.1) is 11.8 Å². The number of benzene rings is 3. The van der Waals surface area contributed by atoms with Gasteiger partial charge in [0.2, 0.25) is 5.91 Å². The summed E-state index contributed by atoms with van der Waals surface area (Å²) >= 11 is 1.20. The van der Waals surface area contributed by atoms with Gasteiger partial charge >= 0.3 is 12.1 Å². The van der Waals surface area contributed by atoms with Crippen LogP contribution in [0.3, 0.4) is 0 Å². The van der Waals surface area contributed by atoms with Crippen molar-refractivity contribution in [1.29, 1.82) is 0 Å². The van der Waals surface area contributed by atoms with Crippen molar-refractivity contribution >= 4 is 47.1 Å². The molecule has 0 bridgehead atoms. The lowest BCUT2D eigenvalue weighted by atomic mass is 10.2. The second-order valence-corrected chi connectivity index (χ2v) is 9.11. The number of halogens is 3. The highest BCUT2D eigenvalue weighted by atomic mass is 32.2. The molecular weight excluding hydrogens is 507 g/mol. The zero-order valence-electron chi connectivity index (χ0n) is 19.1. The van der Waals surface area contributed by atoms with Crippen molar-refractivity contribution in [3.05, 3.63) is 90.0 Å². The van der Waals surface area contributed by atoms with Crippen molar-refractivity contribution in [3.8, 4) is 0 Å². The molecule has 4 rings (SSSR count). The molecule has 1 aliphatic heterocycles. The van der Waals surface area contributed by atoms with Gasteiger partial charge in [0.25, 0.3) is 5.91 Å². The number of para-hydroxylation sites is 1. The van der Waals surface area contributed by atoms with Crippen LogP contribution in [0.5, 0.6) is 0 Å². The Morgan fingerprint density at radius 3 is 2.51 bits per heavy atom. The number of esters is 1. The van der Waals surface area contributed by atoms with E-state index in [4.69, 9.17) is 4.74 Å². The van der Waals surface area contributed by atoms with E-state index < -0.39 is 35.5 Å². The van der Waals surface area contributed by atoms with Crippen molar-refractivity contribution in [3.63, 3.8) is 0 Å². The third kappa shape index (κ3) is 6.76. The quantitative estimate of drug-likeness (QED) is 0.262. The first-order chi connectivity index (χ1) is 17.7. The van der Waals surface area contributed by atoms with E-state index in [-0.39, 0.29) is 18.0 Å². The summed E-state index contributed by atoms with van der Waals surface area (Å²) in [7, 11) is 0. The lowest BCUT2D eigenvalue weighted by Crippen LogP contribution is -2.34. The topological polar surface area (TPSA) is 88.1 Å². The number of anilines is 2. The Hall–Kier alpha value is -4.12. The van der Waals surface area contributed by atoms with E-state index in [0.29, 0.717) is 11.3 Å². The summed E-state index contributed by atoms with van der Waals surface area (Å²) < 4.78 is 44.8. The van der Waals surface area contributed by atoms with Crippen LogP contribution in [0.25, 0.3) is 0 Å². The number of carbonyl (C=O) groups is 3. The fraction of sp³-hybridized carbons (Fsp3) is 0.154. The lowest BCUT2D eigenvalue weighted by Gasteiger charge is -2.23. The Kier molecular flexibility index (Phi) is 7.92. The first-order valence-corrected chi connectivity index (χ1v) is 11.9. The van der Waals surface area contributed by atoms with Gasteiger partial charge in [-0.05, 0) is 35.9 Å². The van der Waals surface area contributed by atoms with Crippen molar-refractivity contribution < 1.29 is 32.3 Å². The summed E-state index contributed by atoms with van der Waals surface area (Å²) in [6.07, 6.45) is -3.62. The van der Waals surface area contributed by atoms with Crippen LogP contribution >= 0.6 is 11.8 Å². The van der Waals surface area contributed by atoms with Gasteiger partial charge in [-0.3, -0.25) is 14.4 Å². The Bertz CT molecular complexity index is 1330. The SMILES string of the molecule is O=C(CC1Sc2ccccc2NC1=O)OCC(=O)N(/N=C/c1ccccc1)c1cccc(C(F)(F)F)c1. The Labute approximate surface area is 214 Å². The average Bonchev–Trinajstić information content (AvgIpc) is 2.88. The fourth-order valence-electron chi connectivity index (χ4n) is 3.39. The minimum atomic E-state index is -4.63. The molecule has 0 aromatic heterocycles. The van der Waals surface area contributed by atoms with Crippen molar-refractivity contribution in [2.24, 2.45) is 5.10 Å². The Morgan fingerprint density at radius 1 is 1.03 bits per heavy atom. The van der Waals surface area contributed by atoms with Gasteiger partial charge in [0.05, 0.1) is 34.8 Å². The fourth-order valence-corrected chi connectivity index (χ4v) is 4.49. The van der Waals surface area contributed by atoms with Crippen molar-refractivity contribution in [2.75, 3.05) is 16.9 Å². The molecule has 0 spiro atoms. The maximum absolute atomic E-state index is 13.2. The number of carbonyl (C=O) groups excluding carboxylic acids is 3. The first kappa shape index (κ1) is 26.0. The largest absolute Gasteiger partial charge is 0.455 e. The van der Waals surface area contributed by atoms with Gasteiger partial charge in [0.1, 0.15) is 0 Å². The summed E-state index contributed by atoms with van der Waals surface area (Å²) in [6.45, 7) is -0.781. The molecule has 2 amide bonds. The number of thioether (sulfide) groups is 1. The van der Waals surface area contributed by atoms with Crippen LogP contribution in [0.2, 0.25) is 0 Å². The lowest BCUT2D eigenvalue weighted by molar-refractivity contribution is -0.148. The van der Waals surface area contributed by atoms with Gasteiger partial charge in [-0.25, -0.2) is 0 Å². The molecule has 3 aromatic rings. The van der Waals surface area contributed by atoms with E-state index in [1.807, 2.05) is 0 Å². The van der Waals surface area contributed by atoms with E-state index in [1.54, 1.807) is 54.6 Å². The number of alkyl halides is 3. The molecule has 1 aliphatic rings. The molecular formula is C26H20F3N3O4S. The molecule has 0 radical (unpaired) electrons. The number of amides is 2. The summed E-state index contributed by atoms with van der Waals surface area (Å²) in [5, 5.41) is 6.75. The number of fused-ring (bicyclic) bond motifs is 1. The highest BCUT2D eigenvalue weighted by molar-refractivity contribution is 8.01. The van der Waals surface area contributed by atoms with E-state index >= 15 is 0 Å². The first-order valence-electron chi connectivity index (χ1n) is 11.0. The Balaban J connectivity index is 1.46. The minimum absolute atomic E-state index is 0.151. The van der Waals surface area contributed by atoms with Crippen LogP contribution in [0.15, 0.2) is 88.9 Å². The molecule has 1 unspecified atom stereocenters. The number of rotatable bonds is 7. The Morgan fingerprint density at radius 2 is 1.76 bits per heavy atom. The molecule has 0 fully saturated rings. The van der Waals surface area contributed by atoms with Gasteiger partial charge in [0, 0.05) is 4.90 Å². The number of ether oxygens (including phenoxy) is 1. The molecule has 1 heterocycles. The zero-order chi connectivity index (χ0) is 26.4. The molecule has 0 saturated heterocycles. The van der Waals surface area contributed by atoms with E-state index in [0.717, 1.165) is 28.1 Å². The molecule has 11 heteroatoms. The normalized spacial score (nSPS) is 15.1. The second-order valence-electron chi connectivity index (χ2n) is 7.87. The molecule has 0 saturated carbocycles. The molecule has 1 atom stereocenters. The van der Waals surface area contributed by atoms with Crippen LogP contribution in [0.4, 0.5) is 24.5 Å². The monoisotopic (exact) mass is 527 g/mol. The van der Waals surface area contributed by atoms with Crippen LogP contribution in [-0.4, -0.2) is 35.9 Å². The van der Waals surface area contributed by atoms with Gasteiger partial charge in [-0.2, -0.15) is 23.3 Å². The predicted molar refractivity (Wildman–Crippen MR) is 133 cm³/mol. The van der Waals surface area contributed by atoms with Gasteiger partial charge < -0.3 is 10.1 Å². The third-order valence-electron chi connectivity index (χ3n) is 5.19. The number of nitrogens with zero attached hydrogens (tertiary/aromatic N) is 2. The summed E-state index contributed by atoms with van der Waals surface area (Å²) in [6, 6.07) is 19.9. The molecule has 0 aliphatic carbocycles. The minimum Gasteiger partial charge on any atom is -0.455 e. The van der Waals surface area contributed by atoms with Crippen molar-refractivity contribution in [2.45, 2.75) is 22.7 Å². The standard InChI is InChI=1S/C26H20F3N3O4S/c27-26(28,29)18-9-6-10-19(13-18)32(30-15-17-7-2-1-3-8-17)23(33)16-36-24(34)14-22-25(35)31-20-11-4-5-12-21(20)37-22/h1-13,15,22H,14,16H2,(H,31,35)/b30-15+. The number of hydrazone groups is 1. The average molecular weight is 528 g/mol. The molecule has 3 aromatic carbocycles. The van der Waals surface area contributed by atoms with Crippen LogP contribution in [-0.2, 0) is 25.3 Å². The van der Waals surface area contributed by atoms with Crippen LogP contribution in [0, 0.1) is 0 Å². The smallest absolute Gasteiger partial charge is 0.416 e. The highest BCUT2D eigenvalue weighted by Gasteiger charge is 2.32. The third-order valence-corrected chi connectivity index (χ3v) is 6.47. The van der Waals surface area contributed by atoms with E-state index in [1.165, 1.54) is 24.0 Å². The van der Waals surface area contributed by atoms with E-state index in [2.05, 4.69) is 10.4 Å². The maximum atomic E-state index is 13.2. The number of nitrogens with one attached hydrogen (secondary N) is 1. The van der Waals surface area contributed by atoms with E-state index in [9.17, 15) is 27.6 Å². The highest BCUT2D eigenvalue weighted by Crippen LogP contribution is 2.36. The van der Waals surface area contributed by atoms with Gasteiger partial charge in [0.15, 0.2) is 6.61 Å². The molecule has 37 heavy (non-hydrogen) atoms. The summed E-state index contributed by atoms with van der Waals surface area (Å²) in [5.74, 6) is -2.05. The summed E-state index contributed by atoms with van der Waals surface area (Å²) in [4.78, 5) is 38.5. The number of hydrogen-bond donors (Lipinski definition) is 1. The molecule has 190 valence electrons. The predicted octanol–water partition coefficient (Wildman–Crippen LogP) is 5.12. The maximum Gasteiger partial charge on any atom is 0.416 e. The zero-order valence-corrected chi connectivity index (χ0v) is 20.0. The second kappa shape index (κ2) is 11.3. The van der Waals surface area contributed by atoms with Crippen LogP contribution < -0.4 is 10.3 Å². The summed E-state index contributed by atoms with van der Waals surface area (Å²) in [5.41, 5.74) is 0.132. The molecule has 1 N–H and O–H groups in total. The van der Waals surface area contributed by atoms with Crippen LogP contribution in [0.1, 0.15) is 17.5 Å².